The number of nitrogens with one attached hydrogen (secondary N) is 1. The van der Waals surface area contributed by atoms with Gasteiger partial charge in [-0.05, 0) is 39.0 Å². The van der Waals surface area contributed by atoms with Crippen molar-refractivity contribution in [2.24, 2.45) is 0 Å². The number of aliphatic hydroxyl groups is 1. The van der Waals surface area contributed by atoms with Gasteiger partial charge in [-0.1, -0.05) is 0 Å². The van der Waals surface area contributed by atoms with Crippen LogP contribution in [0.4, 0.5) is 13.6 Å². The normalized spacial score (nSPS) is 13.9. The van der Waals surface area contributed by atoms with E-state index in [2.05, 4.69) is 11.2 Å². The third kappa shape index (κ3) is 5.34. The minimum absolute atomic E-state index is 0.0731. The molecule has 1 aromatic rings. The number of benzene rings is 1. The van der Waals surface area contributed by atoms with E-state index >= 15 is 0 Å². The van der Waals surface area contributed by atoms with Crippen molar-refractivity contribution in [2.45, 2.75) is 44.9 Å². The van der Waals surface area contributed by atoms with Gasteiger partial charge in [-0.2, -0.15) is 0 Å². The molecule has 2 atom stereocenters. The van der Waals surface area contributed by atoms with E-state index in [0.717, 1.165) is 18.2 Å². The van der Waals surface area contributed by atoms with Crippen molar-refractivity contribution < 1.29 is 23.4 Å². The van der Waals surface area contributed by atoms with Gasteiger partial charge in [0, 0.05) is 12.0 Å². The van der Waals surface area contributed by atoms with Gasteiger partial charge >= 0.3 is 6.09 Å². The number of ether oxygens (including phenoxy) is 1. The Bertz CT molecular complexity index is 576. The van der Waals surface area contributed by atoms with Crippen molar-refractivity contribution in [3.05, 3.63) is 35.4 Å². The number of carbonyl (C=O) groups is 1. The largest absolute Gasteiger partial charge is 0.444 e. The quantitative estimate of drug-likeness (QED) is 0.841. The minimum atomic E-state index is -1.50. The molecule has 0 heterocycles. The molecule has 0 spiro atoms. The number of halogens is 2. The number of aliphatic hydroxyl groups excluding tert-OH is 1. The molecule has 0 aliphatic heterocycles. The van der Waals surface area contributed by atoms with Crippen molar-refractivity contribution in [3.8, 4) is 12.3 Å². The second-order valence-electron chi connectivity index (χ2n) is 5.77. The first-order valence-electron chi connectivity index (χ1n) is 6.70. The minimum Gasteiger partial charge on any atom is -0.444 e. The van der Waals surface area contributed by atoms with Gasteiger partial charge < -0.3 is 15.2 Å². The predicted octanol–water partition coefficient (Wildman–Crippen LogP) is 2.91. The maximum atomic E-state index is 13.7. The van der Waals surface area contributed by atoms with Crippen LogP contribution in [0, 0.1) is 24.0 Å². The van der Waals surface area contributed by atoms with E-state index in [-0.39, 0.29) is 12.0 Å². The summed E-state index contributed by atoms with van der Waals surface area (Å²) in [4.78, 5) is 11.8. The average molecular weight is 311 g/mol. The first-order chi connectivity index (χ1) is 10.1. The predicted molar refractivity (Wildman–Crippen MR) is 77.9 cm³/mol. The number of hydrogen-bond acceptors (Lipinski definition) is 3. The van der Waals surface area contributed by atoms with E-state index in [1.807, 2.05) is 0 Å². The summed E-state index contributed by atoms with van der Waals surface area (Å²) in [6, 6.07) is 1.69. The van der Waals surface area contributed by atoms with Crippen LogP contribution in [0.25, 0.3) is 0 Å². The Morgan fingerprint density at radius 2 is 2.09 bits per heavy atom. The van der Waals surface area contributed by atoms with E-state index in [1.54, 1.807) is 20.8 Å². The molecule has 22 heavy (non-hydrogen) atoms. The van der Waals surface area contributed by atoms with Crippen LogP contribution in [-0.4, -0.2) is 22.8 Å². The third-order valence-electron chi connectivity index (χ3n) is 2.70. The number of amides is 1. The molecule has 0 fully saturated rings. The van der Waals surface area contributed by atoms with E-state index in [4.69, 9.17) is 11.2 Å². The monoisotopic (exact) mass is 311 g/mol. The molecule has 0 radical (unpaired) electrons. The Balaban J connectivity index is 2.93. The van der Waals surface area contributed by atoms with E-state index in [1.165, 1.54) is 0 Å². The fourth-order valence-electron chi connectivity index (χ4n) is 1.79. The molecule has 0 bridgehead atoms. The molecule has 0 unspecified atom stereocenters. The van der Waals surface area contributed by atoms with Gasteiger partial charge in [0.2, 0.25) is 0 Å². The number of carbonyl (C=O) groups excluding carboxylic acids is 1. The maximum Gasteiger partial charge on any atom is 0.408 e. The highest BCUT2D eigenvalue weighted by Gasteiger charge is 2.27. The zero-order valence-electron chi connectivity index (χ0n) is 12.7. The Hall–Kier alpha value is -2.13. The SMILES string of the molecule is C#CC[C@H](NC(=O)OC(C)(C)C)[C@H](O)c1cc(F)ccc1F. The van der Waals surface area contributed by atoms with Gasteiger partial charge in [-0.3, -0.25) is 0 Å². The Morgan fingerprint density at radius 1 is 1.45 bits per heavy atom. The van der Waals surface area contributed by atoms with Crippen LogP contribution in [0.5, 0.6) is 0 Å². The Kier molecular flexibility index (Phi) is 5.89. The summed E-state index contributed by atoms with van der Waals surface area (Å²) in [5.41, 5.74) is -1.02. The summed E-state index contributed by atoms with van der Waals surface area (Å²) < 4.78 is 32.0. The smallest absolute Gasteiger partial charge is 0.408 e. The van der Waals surface area contributed by atoms with Crippen molar-refractivity contribution in [1.29, 1.82) is 0 Å². The molecule has 0 aliphatic carbocycles. The summed E-state index contributed by atoms with van der Waals surface area (Å²) in [6.07, 6.45) is 2.82. The van der Waals surface area contributed by atoms with Gasteiger partial charge in [-0.15, -0.1) is 12.3 Å². The number of terminal acetylenes is 1. The second kappa shape index (κ2) is 7.23. The average Bonchev–Trinajstić information content (AvgIpc) is 2.38. The molecule has 4 nitrogen and oxygen atoms in total. The molecule has 1 rings (SSSR count). The summed E-state index contributed by atoms with van der Waals surface area (Å²) in [5, 5.41) is 12.6. The molecule has 6 heteroatoms. The lowest BCUT2D eigenvalue weighted by Crippen LogP contribution is -2.42. The highest BCUT2D eigenvalue weighted by Crippen LogP contribution is 2.23. The second-order valence-corrected chi connectivity index (χ2v) is 5.77. The van der Waals surface area contributed by atoms with Gasteiger partial charge in [0.25, 0.3) is 0 Å². The zero-order chi connectivity index (χ0) is 16.9. The van der Waals surface area contributed by atoms with Crippen molar-refractivity contribution in [1.82, 2.24) is 5.32 Å². The van der Waals surface area contributed by atoms with Gasteiger partial charge in [-0.25, -0.2) is 13.6 Å². The summed E-state index contributed by atoms with van der Waals surface area (Å²) in [5.74, 6) is 0.783. The molecular formula is C16H19F2NO3. The van der Waals surface area contributed by atoms with Gasteiger partial charge in [0.1, 0.15) is 23.3 Å². The lowest BCUT2D eigenvalue weighted by atomic mass is 9.99. The maximum absolute atomic E-state index is 13.7. The molecule has 120 valence electrons. The summed E-state index contributed by atoms with van der Waals surface area (Å²) in [6.45, 7) is 5.02. The number of hydrogen-bond donors (Lipinski definition) is 2. The van der Waals surface area contributed by atoms with Gasteiger partial charge in [0.05, 0.1) is 6.04 Å². The molecule has 0 aliphatic rings. The Morgan fingerprint density at radius 3 is 2.64 bits per heavy atom. The highest BCUT2D eigenvalue weighted by molar-refractivity contribution is 5.68. The highest BCUT2D eigenvalue weighted by atomic mass is 19.1. The molecule has 0 aromatic heterocycles. The lowest BCUT2D eigenvalue weighted by molar-refractivity contribution is 0.0421. The summed E-state index contributed by atoms with van der Waals surface area (Å²) >= 11 is 0. The van der Waals surface area contributed by atoms with Crippen LogP contribution in [0.3, 0.4) is 0 Å². The van der Waals surface area contributed by atoms with Crippen LogP contribution < -0.4 is 5.32 Å². The van der Waals surface area contributed by atoms with Crippen LogP contribution in [0.2, 0.25) is 0 Å². The number of alkyl carbamates (subject to hydrolysis) is 1. The standard InChI is InChI=1S/C16H19F2NO3/c1-5-6-13(19-15(21)22-16(2,3)4)14(20)11-9-10(17)7-8-12(11)18/h1,7-9,13-14,20H,6H2,2-4H3,(H,19,21)/t13-,14+/m0/s1. The van der Waals surface area contributed by atoms with Crippen LogP contribution >= 0.6 is 0 Å². The fourth-order valence-corrected chi connectivity index (χ4v) is 1.79. The van der Waals surface area contributed by atoms with Crippen LogP contribution in [-0.2, 0) is 4.74 Å². The summed E-state index contributed by atoms with van der Waals surface area (Å²) in [7, 11) is 0. The molecule has 1 amide bonds. The molecule has 1 aromatic carbocycles. The zero-order valence-corrected chi connectivity index (χ0v) is 12.7. The van der Waals surface area contributed by atoms with Crippen molar-refractivity contribution in [3.63, 3.8) is 0 Å². The Labute approximate surface area is 128 Å². The first-order valence-corrected chi connectivity index (χ1v) is 6.70. The van der Waals surface area contributed by atoms with Crippen molar-refractivity contribution in [2.75, 3.05) is 0 Å². The molecule has 2 N–H and O–H groups in total. The lowest BCUT2D eigenvalue weighted by Gasteiger charge is -2.26. The van der Waals surface area contributed by atoms with Crippen LogP contribution in [0.15, 0.2) is 18.2 Å². The topological polar surface area (TPSA) is 58.6 Å². The fraction of sp³-hybridized carbons (Fsp3) is 0.438. The molecule has 0 saturated carbocycles. The number of rotatable bonds is 4. The van der Waals surface area contributed by atoms with Crippen molar-refractivity contribution >= 4 is 6.09 Å². The third-order valence-corrected chi connectivity index (χ3v) is 2.70. The molecule has 0 saturated heterocycles. The van der Waals surface area contributed by atoms with E-state index in [9.17, 15) is 18.7 Å². The van der Waals surface area contributed by atoms with Crippen LogP contribution in [0.1, 0.15) is 38.9 Å². The van der Waals surface area contributed by atoms with Gasteiger partial charge in [0.15, 0.2) is 0 Å². The van der Waals surface area contributed by atoms with E-state index < -0.39 is 35.5 Å². The molecular weight excluding hydrogens is 292 g/mol. The van der Waals surface area contributed by atoms with E-state index in [0.29, 0.717) is 0 Å². The first kappa shape index (κ1) is 17.9.